The summed E-state index contributed by atoms with van der Waals surface area (Å²) >= 11 is 12.1. The molecule has 2 heterocycles. The van der Waals surface area contributed by atoms with Gasteiger partial charge in [0.2, 0.25) is 11.7 Å². The van der Waals surface area contributed by atoms with E-state index in [-0.39, 0.29) is 12.6 Å². The lowest BCUT2D eigenvalue weighted by Gasteiger charge is -2.17. The lowest BCUT2D eigenvalue weighted by molar-refractivity contribution is -0.142. The quantitative estimate of drug-likeness (QED) is 0.481. The third-order valence-corrected chi connectivity index (χ3v) is 5.04. The number of Topliss-reactive ketones (excluding diaryl/α,β-unsaturated/α-hetero) is 1. The molecular formula is C19H17Cl2N3O3. The molecule has 1 saturated heterocycles. The summed E-state index contributed by atoms with van der Waals surface area (Å²) in [5.74, 6) is -2.73. The third kappa shape index (κ3) is 3.96. The van der Waals surface area contributed by atoms with Crippen LogP contribution in [0.2, 0.25) is 10.2 Å². The summed E-state index contributed by atoms with van der Waals surface area (Å²) in [6.45, 7) is 1.91. The van der Waals surface area contributed by atoms with Crippen molar-refractivity contribution in [3.8, 4) is 11.1 Å². The molecule has 1 aromatic carbocycles. The second-order valence-corrected chi connectivity index (χ2v) is 7.24. The highest BCUT2D eigenvalue weighted by molar-refractivity contribution is 6.42. The normalized spacial score (nSPS) is 17.9. The van der Waals surface area contributed by atoms with Gasteiger partial charge in [0.05, 0.1) is 11.1 Å². The zero-order chi connectivity index (χ0) is 19.7. The number of pyridine rings is 1. The van der Waals surface area contributed by atoms with Crippen LogP contribution in [0.3, 0.4) is 0 Å². The van der Waals surface area contributed by atoms with Crippen LogP contribution in [-0.2, 0) is 14.4 Å². The maximum absolute atomic E-state index is 12.4. The minimum atomic E-state index is -0.969. The second kappa shape index (κ2) is 7.66. The lowest BCUT2D eigenvalue weighted by Crippen LogP contribution is -2.37. The van der Waals surface area contributed by atoms with E-state index >= 15 is 0 Å². The van der Waals surface area contributed by atoms with Crippen molar-refractivity contribution >= 4 is 40.8 Å². The molecule has 2 amide bonds. The van der Waals surface area contributed by atoms with Gasteiger partial charge in [-0.15, -0.1) is 0 Å². The van der Waals surface area contributed by atoms with Gasteiger partial charge in [-0.3, -0.25) is 14.4 Å². The molecule has 6 nitrogen and oxygen atoms in total. The van der Waals surface area contributed by atoms with Crippen LogP contribution >= 0.6 is 23.2 Å². The molecule has 140 valence electrons. The summed E-state index contributed by atoms with van der Waals surface area (Å²) < 4.78 is 0. The van der Waals surface area contributed by atoms with Crippen molar-refractivity contribution in [3.05, 3.63) is 52.3 Å². The predicted octanol–water partition coefficient (Wildman–Crippen LogP) is 2.89. The number of rotatable bonds is 4. The molecule has 0 saturated carbocycles. The van der Waals surface area contributed by atoms with E-state index in [9.17, 15) is 14.4 Å². The largest absolute Gasteiger partial charge is 0.349 e. The Morgan fingerprint density at radius 1 is 1.30 bits per heavy atom. The Morgan fingerprint density at radius 3 is 2.67 bits per heavy atom. The van der Waals surface area contributed by atoms with E-state index in [4.69, 9.17) is 23.2 Å². The Bertz CT molecular complexity index is 932. The van der Waals surface area contributed by atoms with Crippen molar-refractivity contribution in [2.45, 2.75) is 13.0 Å². The molecule has 2 atom stereocenters. The number of likely N-dealkylation sites (N-methyl/N-ethyl adjacent to an activating group) is 1. The van der Waals surface area contributed by atoms with E-state index in [1.54, 1.807) is 12.3 Å². The van der Waals surface area contributed by atoms with Crippen LogP contribution in [0, 0.1) is 5.92 Å². The summed E-state index contributed by atoms with van der Waals surface area (Å²) in [5, 5.41) is 3.58. The van der Waals surface area contributed by atoms with Crippen molar-refractivity contribution in [2.75, 3.05) is 13.6 Å². The Kier molecular flexibility index (Phi) is 5.48. The van der Waals surface area contributed by atoms with Crippen LogP contribution < -0.4 is 5.32 Å². The van der Waals surface area contributed by atoms with Crippen LogP contribution in [0.15, 0.2) is 36.5 Å². The summed E-state index contributed by atoms with van der Waals surface area (Å²) in [6, 6.07) is 8.68. The summed E-state index contributed by atoms with van der Waals surface area (Å²) in [4.78, 5) is 41.2. The van der Waals surface area contributed by atoms with Crippen molar-refractivity contribution in [1.29, 1.82) is 0 Å². The van der Waals surface area contributed by atoms with Gasteiger partial charge in [-0.1, -0.05) is 41.4 Å². The second-order valence-electron chi connectivity index (χ2n) is 6.45. The number of ketones is 1. The molecule has 0 spiro atoms. The number of carbonyl (C=O) groups is 3. The Labute approximate surface area is 166 Å². The zero-order valence-electron chi connectivity index (χ0n) is 14.7. The molecule has 0 radical (unpaired) electrons. The fourth-order valence-corrected chi connectivity index (χ4v) is 3.45. The van der Waals surface area contributed by atoms with Gasteiger partial charge >= 0.3 is 0 Å². The maximum atomic E-state index is 12.4. The summed E-state index contributed by atoms with van der Waals surface area (Å²) in [6.07, 6.45) is 1.59. The first-order valence-corrected chi connectivity index (χ1v) is 9.04. The van der Waals surface area contributed by atoms with Gasteiger partial charge in [-0.2, -0.15) is 0 Å². The van der Waals surface area contributed by atoms with Gasteiger partial charge < -0.3 is 10.2 Å². The number of nitrogens with zero attached hydrogens (tertiary/aromatic N) is 2. The van der Waals surface area contributed by atoms with Crippen LogP contribution in [-0.4, -0.2) is 41.1 Å². The predicted molar refractivity (Wildman–Crippen MR) is 102 cm³/mol. The molecule has 27 heavy (non-hydrogen) atoms. The van der Waals surface area contributed by atoms with Gasteiger partial charge in [0, 0.05) is 25.4 Å². The van der Waals surface area contributed by atoms with E-state index in [0.29, 0.717) is 10.2 Å². The molecule has 1 aromatic heterocycles. The van der Waals surface area contributed by atoms with Crippen molar-refractivity contribution in [3.63, 3.8) is 0 Å². The van der Waals surface area contributed by atoms with Gasteiger partial charge in [-0.25, -0.2) is 4.98 Å². The smallest absolute Gasteiger partial charge is 0.290 e. The highest BCUT2D eigenvalue weighted by Crippen LogP contribution is 2.30. The van der Waals surface area contributed by atoms with Gasteiger partial charge in [0.25, 0.3) is 5.91 Å². The fraction of sp³-hybridized carbons (Fsp3) is 0.263. The van der Waals surface area contributed by atoms with Gasteiger partial charge in [-0.05, 0) is 30.2 Å². The first-order valence-electron chi connectivity index (χ1n) is 8.29. The van der Waals surface area contributed by atoms with Crippen molar-refractivity contribution in [2.24, 2.45) is 5.92 Å². The molecule has 0 bridgehead atoms. The average molecular weight is 406 g/mol. The number of carbonyl (C=O) groups excluding carboxylic acids is 3. The molecule has 0 aliphatic carbocycles. The summed E-state index contributed by atoms with van der Waals surface area (Å²) in [7, 11) is 1.50. The molecule has 1 N–H and O–H groups in total. The zero-order valence-corrected chi connectivity index (χ0v) is 16.2. The maximum Gasteiger partial charge on any atom is 0.290 e. The van der Waals surface area contributed by atoms with Gasteiger partial charge in [0.1, 0.15) is 11.1 Å². The monoisotopic (exact) mass is 405 g/mol. The first-order chi connectivity index (χ1) is 12.8. The number of halogens is 2. The average Bonchev–Trinajstić information content (AvgIpc) is 2.89. The Balaban J connectivity index is 1.78. The van der Waals surface area contributed by atoms with E-state index in [0.717, 1.165) is 16.7 Å². The molecule has 1 fully saturated rings. The topological polar surface area (TPSA) is 79.4 Å². The van der Waals surface area contributed by atoms with Crippen molar-refractivity contribution < 1.29 is 14.4 Å². The minimum absolute atomic E-state index is 0.0995. The van der Waals surface area contributed by atoms with E-state index in [2.05, 4.69) is 10.3 Å². The van der Waals surface area contributed by atoms with Crippen molar-refractivity contribution in [1.82, 2.24) is 15.2 Å². The molecule has 3 rings (SSSR count). The number of amides is 2. The fourth-order valence-electron chi connectivity index (χ4n) is 2.97. The first kappa shape index (κ1) is 19.3. The SMILES string of the molecule is C[C@@H](NC(=O)C1CN(C)C(=O)C1=O)c1cccc(-c2cnc(Cl)cc2Cl)c1. The van der Waals surface area contributed by atoms with E-state index in [1.165, 1.54) is 11.9 Å². The van der Waals surface area contributed by atoms with E-state index in [1.807, 2.05) is 31.2 Å². The Morgan fingerprint density at radius 2 is 2.04 bits per heavy atom. The highest BCUT2D eigenvalue weighted by Gasteiger charge is 2.41. The third-order valence-electron chi connectivity index (χ3n) is 4.52. The number of hydrogen-bond acceptors (Lipinski definition) is 4. The summed E-state index contributed by atoms with van der Waals surface area (Å²) in [5.41, 5.74) is 2.38. The molecule has 8 heteroatoms. The number of benzene rings is 1. The Hall–Kier alpha value is -2.44. The lowest BCUT2D eigenvalue weighted by atomic mass is 10.00. The number of hydrogen-bond donors (Lipinski definition) is 1. The van der Waals surface area contributed by atoms with Crippen LogP contribution in [0.4, 0.5) is 0 Å². The molecule has 1 aliphatic heterocycles. The molecule has 2 aromatic rings. The number of likely N-dealkylation sites (tertiary alicyclic amines) is 1. The highest BCUT2D eigenvalue weighted by atomic mass is 35.5. The van der Waals surface area contributed by atoms with Crippen LogP contribution in [0.5, 0.6) is 0 Å². The van der Waals surface area contributed by atoms with Crippen LogP contribution in [0.25, 0.3) is 11.1 Å². The van der Waals surface area contributed by atoms with Crippen LogP contribution in [0.1, 0.15) is 18.5 Å². The minimum Gasteiger partial charge on any atom is -0.349 e. The molecule has 1 unspecified atom stereocenters. The van der Waals surface area contributed by atoms with E-state index < -0.39 is 23.5 Å². The number of aromatic nitrogens is 1. The van der Waals surface area contributed by atoms with Gasteiger partial charge in [0.15, 0.2) is 0 Å². The molecule has 1 aliphatic rings. The molecular weight excluding hydrogens is 389 g/mol. The standard InChI is InChI=1S/C19H17Cl2N3O3/c1-10(23-18(26)14-9-24(2)19(27)17(14)25)11-4-3-5-12(6-11)13-8-22-16(21)7-15(13)20/h3-8,10,14H,9H2,1-2H3,(H,23,26)/t10-,14?/m1/s1. The number of nitrogens with one attached hydrogen (secondary N) is 1.